The van der Waals surface area contributed by atoms with Crippen molar-refractivity contribution in [1.82, 2.24) is 9.80 Å². The molecular weight excluding hydrogens is 511 g/mol. The molecule has 1 saturated heterocycles. The second-order valence-corrected chi connectivity index (χ2v) is 11.3. The second kappa shape index (κ2) is 10.8. The molecule has 0 aliphatic carbocycles. The average molecular weight is 542 g/mol. The molecule has 0 saturated carbocycles. The van der Waals surface area contributed by atoms with Crippen LogP contribution in [0.15, 0.2) is 22.8 Å². The van der Waals surface area contributed by atoms with Gasteiger partial charge < -0.3 is 14.2 Å². The minimum absolute atomic E-state index is 0. The molecule has 2 aromatic heterocycles. The van der Waals surface area contributed by atoms with Crippen LogP contribution in [0.5, 0.6) is 0 Å². The minimum Gasteiger partial charge on any atom is -0.464 e. The number of nitrogens with zero attached hydrogens (tertiary/aromatic N) is 2. The zero-order valence-electron chi connectivity index (χ0n) is 19.7. The molecule has 1 amide bonds. The number of carbonyl (C=O) groups excluding carboxylic acids is 1. The van der Waals surface area contributed by atoms with Crippen molar-refractivity contribution in [3.8, 4) is 0 Å². The number of rotatable bonds is 5. The van der Waals surface area contributed by atoms with E-state index in [1.165, 1.54) is 20.9 Å². The number of hydrogen-bond donors (Lipinski definition) is 0. The topological polar surface area (TPSA) is 36.7 Å². The van der Waals surface area contributed by atoms with Gasteiger partial charge in [0.1, 0.15) is 5.58 Å². The van der Waals surface area contributed by atoms with Gasteiger partial charge in [0, 0.05) is 51.8 Å². The van der Waals surface area contributed by atoms with Gasteiger partial charge in [-0.3, -0.25) is 4.79 Å². The van der Waals surface area contributed by atoms with Crippen molar-refractivity contribution >= 4 is 63.8 Å². The first-order chi connectivity index (χ1) is 15.9. The lowest BCUT2D eigenvalue weighted by atomic mass is 9.89. The molecule has 5 rings (SSSR count). The summed E-state index contributed by atoms with van der Waals surface area (Å²) in [6, 6.07) is 3.66. The Hall–Kier alpha value is -1.24. The maximum absolute atomic E-state index is 11.8. The van der Waals surface area contributed by atoms with Crippen LogP contribution in [-0.4, -0.2) is 41.9 Å². The number of hydrogen-bond acceptors (Lipinski definition) is 4. The molecule has 2 aliphatic rings. The maximum Gasteiger partial charge on any atom is 0.219 e. The molecule has 34 heavy (non-hydrogen) atoms. The maximum atomic E-state index is 11.8. The Morgan fingerprint density at radius 2 is 1.97 bits per heavy atom. The Morgan fingerprint density at radius 1 is 1.21 bits per heavy atom. The summed E-state index contributed by atoms with van der Waals surface area (Å²) in [5.74, 6) is 0.658. The lowest BCUT2D eigenvalue weighted by Gasteiger charge is -2.31. The predicted molar refractivity (Wildman–Crippen MR) is 144 cm³/mol. The number of thiophene rings is 1. The third kappa shape index (κ3) is 5.01. The highest BCUT2D eigenvalue weighted by Crippen LogP contribution is 2.39. The molecule has 0 radical (unpaired) electrons. The van der Waals surface area contributed by atoms with E-state index in [2.05, 4.69) is 11.8 Å². The SMILES string of the molecule is CCc1c(CCN2CCC(c3coc4cc(Cl)cc(Cl)c34)CC2)sc2c1CCN(C(C)=O)C2.Cl. The molecule has 0 bridgehead atoms. The van der Waals surface area contributed by atoms with Crippen molar-refractivity contribution < 1.29 is 9.21 Å². The van der Waals surface area contributed by atoms with Crippen molar-refractivity contribution in [2.45, 2.75) is 58.4 Å². The quantitative estimate of drug-likeness (QED) is 0.345. The molecule has 1 aromatic carbocycles. The van der Waals surface area contributed by atoms with Gasteiger partial charge >= 0.3 is 0 Å². The third-order valence-corrected chi connectivity index (χ3v) is 9.19. The Morgan fingerprint density at radius 3 is 2.68 bits per heavy atom. The van der Waals surface area contributed by atoms with Gasteiger partial charge in [0.15, 0.2) is 0 Å². The normalized spacial score (nSPS) is 17.1. The number of piperidine rings is 1. The third-order valence-electron chi connectivity index (χ3n) is 7.35. The van der Waals surface area contributed by atoms with E-state index >= 15 is 0 Å². The van der Waals surface area contributed by atoms with Crippen molar-refractivity contribution in [1.29, 1.82) is 0 Å². The van der Waals surface area contributed by atoms with Crippen molar-refractivity contribution in [2.24, 2.45) is 0 Å². The molecular formula is C26H31Cl3N2O2S. The number of furan rings is 1. The smallest absolute Gasteiger partial charge is 0.219 e. The van der Waals surface area contributed by atoms with E-state index in [9.17, 15) is 4.79 Å². The molecule has 0 unspecified atom stereocenters. The Bertz CT molecular complexity index is 1180. The standard InChI is InChI=1S/C26H30Cl2N2O2S.ClH/c1-3-19-20-6-11-30(16(2)31)14-25(20)33-24(19)7-10-29-8-4-17(5-9-29)21-15-32-23-13-18(27)12-22(28)26(21)23;/h12-13,15,17H,3-11,14H2,1-2H3;1H. The van der Waals surface area contributed by atoms with Crippen LogP contribution >= 0.6 is 46.9 Å². The van der Waals surface area contributed by atoms with E-state index in [0.29, 0.717) is 16.0 Å². The molecule has 1 fully saturated rings. The summed E-state index contributed by atoms with van der Waals surface area (Å²) in [5.41, 5.74) is 5.08. The van der Waals surface area contributed by atoms with E-state index in [1.54, 1.807) is 18.6 Å². The number of halogens is 3. The van der Waals surface area contributed by atoms with Gasteiger partial charge in [-0.25, -0.2) is 0 Å². The van der Waals surface area contributed by atoms with Crippen LogP contribution in [0.25, 0.3) is 11.0 Å². The predicted octanol–water partition coefficient (Wildman–Crippen LogP) is 7.11. The molecule has 0 atom stereocenters. The Kier molecular flexibility index (Phi) is 8.20. The number of likely N-dealkylation sites (tertiary alicyclic amines) is 1. The van der Waals surface area contributed by atoms with Crippen LogP contribution in [0, 0.1) is 0 Å². The van der Waals surface area contributed by atoms with Gasteiger partial charge in [-0.2, -0.15) is 0 Å². The van der Waals surface area contributed by atoms with Crippen LogP contribution in [-0.2, 0) is 30.6 Å². The fourth-order valence-electron chi connectivity index (χ4n) is 5.54. The number of carbonyl (C=O) groups is 1. The highest BCUT2D eigenvalue weighted by atomic mass is 35.5. The van der Waals surface area contributed by atoms with Gasteiger partial charge in [-0.05, 0) is 68.3 Å². The largest absolute Gasteiger partial charge is 0.464 e. The first kappa shape index (κ1) is 25.8. The van der Waals surface area contributed by atoms with Gasteiger partial charge in [0.25, 0.3) is 0 Å². The van der Waals surface area contributed by atoms with E-state index in [1.807, 2.05) is 28.6 Å². The summed E-state index contributed by atoms with van der Waals surface area (Å²) in [5, 5.41) is 2.32. The summed E-state index contributed by atoms with van der Waals surface area (Å²) in [4.78, 5) is 19.3. The fourth-order valence-corrected chi connectivity index (χ4v) is 7.58. The molecule has 0 N–H and O–H groups in total. The lowest BCUT2D eigenvalue weighted by molar-refractivity contribution is -0.129. The number of amides is 1. The van der Waals surface area contributed by atoms with E-state index < -0.39 is 0 Å². The van der Waals surface area contributed by atoms with Crippen LogP contribution in [0.2, 0.25) is 10.0 Å². The monoisotopic (exact) mass is 540 g/mol. The fraction of sp³-hybridized carbons (Fsp3) is 0.500. The summed E-state index contributed by atoms with van der Waals surface area (Å²) in [6.07, 6.45) is 7.30. The summed E-state index contributed by atoms with van der Waals surface area (Å²) < 4.78 is 5.78. The zero-order chi connectivity index (χ0) is 23.1. The summed E-state index contributed by atoms with van der Waals surface area (Å²) in [7, 11) is 0. The summed E-state index contributed by atoms with van der Waals surface area (Å²) >= 11 is 14.6. The van der Waals surface area contributed by atoms with Gasteiger partial charge in [0.2, 0.25) is 5.91 Å². The molecule has 8 heteroatoms. The van der Waals surface area contributed by atoms with Gasteiger partial charge in [0.05, 0.1) is 17.8 Å². The van der Waals surface area contributed by atoms with Gasteiger partial charge in [-0.1, -0.05) is 30.1 Å². The van der Waals surface area contributed by atoms with Crippen LogP contribution in [0.4, 0.5) is 0 Å². The van der Waals surface area contributed by atoms with Crippen LogP contribution in [0.1, 0.15) is 59.1 Å². The second-order valence-electron chi connectivity index (χ2n) is 9.27. The first-order valence-electron chi connectivity index (χ1n) is 11.9. The van der Waals surface area contributed by atoms with Crippen molar-refractivity contribution in [2.75, 3.05) is 26.2 Å². The molecule has 0 spiro atoms. The Labute approximate surface area is 221 Å². The van der Waals surface area contributed by atoms with Crippen molar-refractivity contribution in [3.63, 3.8) is 0 Å². The highest BCUT2D eigenvalue weighted by molar-refractivity contribution is 7.12. The highest BCUT2D eigenvalue weighted by Gasteiger charge is 2.27. The van der Waals surface area contributed by atoms with Crippen molar-refractivity contribution in [3.05, 3.63) is 54.9 Å². The molecule has 3 aromatic rings. The molecule has 4 nitrogen and oxygen atoms in total. The van der Waals surface area contributed by atoms with Gasteiger partial charge in [-0.15, -0.1) is 23.7 Å². The minimum atomic E-state index is 0. The van der Waals surface area contributed by atoms with Crippen LogP contribution < -0.4 is 0 Å². The average Bonchev–Trinajstić information content (AvgIpc) is 3.38. The molecule has 184 valence electrons. The first-order valence-corrected chi connectivity index (χ1v) is 13.5. The Balaban J connectivity index is 0.00000274. The van der Waals surface area contributed by atoms with E-state index in [0.717, 1.165) is 75.8 Å². The number of benzene rings is 1. The molecule has 4 heterocycles. The zero-order valence-corrected chi connectivity index (χ0v) is 22.8. The molecule has 2 aliphatic heterocycles. The van der Waals surface area contributed by atoms with E-state index in [4.69, 9.17) is 27.6 Å². The lowest BCUT2D eigenvalue weighted by Crippen LogP contribution is -2.34. The van der Waals surface area contributed by atoms with Crippen LogP contribution in [0.3, 0.4) is 0 Å². The summed E-state index contributed by atoms with van der Waals surface area (Å²) in [6.45, 7) is 8.87. The van der Waals surface area contributed by atoms with E-state index in [-0.39, 0.29) is 18.3 Å². The number of fused-ring (bicyclic) bond motifs is 2.